The Labute approximate surface area is 148 Å². The number of piperazine rings is 1. The number of aryl methyl sites for hydroxylation is 2. The number of carbonyl (C=O) groups excluding carboxylic acids is 1. The van der Waals surface area contributed by atoms with Crippen molar-refractivity contribution < 1.29 is 13.2 Å². The Morgan fingerprint density at radius 2 is 1.56 bits per heavy atom. The first-order valence-electron chi connectivity index (χ1n) is 8.31. The van der Waals surface area contributed by atoms with Crippen LogP contribution in [0.15, 0.2) is 53.4 Å². The van der Waals surface area contributed by atoms with Crippen molar-refractivity contribution in [1.82, 2.24) is 9.21 Å². The normalized spacial score (nSPS) is 16.0. The number of hydrogen-bond acceptors (Lipinski definition) is 3. The Morgan fingerprint density at radius 1 is 0.920 bits per heavy atom. The Morgan fingerprint density at radius 3 is 2.16 bits per heavy atom. The number of hydrogen-bond donors (Lipinski definition) is 0. The molecule has 132 valence electrons. The molecule has 0 spiro atoms. The molecule has 0 atom stereocenters. The summed E-state index contributed by atoms with van der Waals surface area (Å²) >= 11 is 0. The van der Waals surface area contributed by atoms with E-state index in [4.69, 9.17) is 0 Å². The fraction of sp³-hybridized carbons (Fsp3) is 0.316. The summed E-state index contributed by atoms with van der Waals surface area (Å²) in [5.41, 5.74) is 2.42. The molecule has 6 heteroatoms. The average Bonchev–Trinajstić information content (AvgIpc) is 2.61. The summed E-state index contributed by atoms with van der Waals surface area (Å²) in [5.74, 6) is -0.0517. The van der Waals surface area contributed by atoms with Crippen LogP contribution >= 0.6 is 0 Å². The third kappa shape index (κ3) is 3.60. The van der Waals surface area contributed by atoms with Crippen LogP contribution in [0.25, 0.3) is 0 Å². The van der Waals surface area contributed by atoms with Gasteiger partial charge in [-0.3, -0.25) is 4.79 Å². The molecule has 0 saturated carbocycles. The topological polar surface area (TPSA) is 57.7 Å². The third-order valence-corrected chi connectivity index (χ3v) is 6.55. The number of amides is 1. The van der Waals surface area contributed by atoms with Gasteiger partial charge < -0.3 is 4.90 Å². The predicted molar refractivity (Wildman–Crippen MR) is 97.0 cm³/mol. The van der Waals surface area contributed by atoms with E-state index >= 15 is 0 Å². The fourth-order valence-corrected chi connectivity index (χ4v) is 4.75. The summed E-state index contributed by atoms with van der Waals surface area (Å²) in [6.45, 7) is 5.19. The van der Waals surface area contributed by atoms with E-state index in [0.29, 0.717) is 36.6 Å². The summed E-state index contributed by atoms with van der Waals surface area (Å²) in [5, 5.41) is 0. The minimum absolute atomic E-state index is 0.0517. The molecule has 0 unspecified atom stereocenters. The van der Waals surface area contributed by atoms with Gasteiger partial charge in [-0.25, -0.2) is 8.42 Å². The second-order valence-electron chi connectivity index (χ2n) is 6.33. The summed E-state index contributed by atoms with van der Waals surface area (Å²) in [6, 6.07) is 14.4. The average molecular weight is 358 g/mol. The first kappa shape index (κ1) is 17.6. The molecule has 0 aromatic heterocycles. The maximum absolute atomic E-state index is 12.9. The van der Waals surface area contributed by atoms with Crippen LogP contribution in [-0.2, 0) is 10.0 Å². The minimum atomic E-state index is -3.53. The second-order valence-corrected chi connectivity index (χ2v) is 8.24. The Bertz CT molecular complexity index is 871. The van der Waals surface area contributed by atoms with Gasteiger partial charge in [0.15, 0.2) is 0 Å². The number of sulfonamides is 1. The third-order valence-electron chi connectivity index (χ3n) is 4.49. The molecule has 25 heavy (non-hydrogen) atoms. The van der Waals surface area contributed by atoms with Crippen LogP contribution in [0.4, 0.5) is 0 Å². The zero-order chi connectivity index (χ0) is 18.0. The summed E-state index contributed by atoms with van der Waals surface area (Å²) in [4.78, 5) is 14.5. The minimum Gasteiger partial charge on any atom is -0.336 e. The van der Waals surface area contributed by atoms with Crippen LogP contribution in [0.2, 0.25) is 0 Å². The van der Waals surface area contributed by atoms with Gasteiger partial charge in [-0.2, -0.15) is 4.31 Å². The maximum atomic E-state index is 12.9. The van der Waals surface area contributed by atoms with Crippen LogP contribution in [0.5, 0.6) is 0 Å². The van der Waals surface area contributed by atoms with Crippen LogP contribution in [-0.4, -0.2) is 49.7 Å². The molecule has 1 aliphatic rings. The maximum Gasteiger partial charge on any atom is 0.253 e. The van der Waals surface area contributed by atoms with Crippen molar-refractivity contribution in [2.24, 2.45) is 0 Å². The lowest BCUT2D eigenvalue weighted by molar-refractivity contribution is 0.0698. The molecular weight excluding hydrogens is 336 g/mol. The zero-order valence-corrected chi connectivity index (χ0v) is 15.3. The lowest BCUT2D eigenvalue weighted by Gasteiger charge is -2.34. The van der Waals surface area contributed by atoms with Crippen LogP contribution < -0.4 is 0 Å². The van der Waals surface area contributed by atoms with Gasteiger partial charge in [0.2, 0.25) is 10.0 Å². The molecule has 3 rings (SSSR count). The molecule has 0 N–H and O–H groups in total. The van der Waals surface area contributed by atoms with Crippen LogP contribution in [0.3, 0.4) is 0 Å². The van der Waals surface area contributed by atoms with Gasteiger partial charge in [-0.15, -0.1) is 0 Å². The van der Waals surface area contributed by atoms with E-state index in [9.17, 15) is 13.2 Å². The van der Waals surface area contributed by atoms with Gasteiger partial charge in [0, 0.05) is 31.7 Å². The van der Waals surface area contributed by atoms with Gasteiger partial charge in [0.1, 0.15) is 0 Å². The molecular formula is C19H22N2O3S. The lowest BCUT2D eigenvalue weighted by atomic mass is 10.2. The van der Waals surface area contributed by atoms with E-state index in [2.05, 4.69) is 0 Å². The molecule has 0 bridgehead atoms. The smallest absolute Gasteiger partial charge is 0.253 e. The van der Waals surface area contributed by atoms with Crippen molar-refractivity contribution >= 4 is 15.9 Å². The predicted octanol–water partition coefficient (Wildman–Crippen LogP) is 2.45. The van der Waals surface area contributed by atoms with Gasteiger partial charge in [-0.05, 0) is 37.6 Å². The SMILES string of the molecule is Cc1ccc(S(=O)(=O)N2CCN(C(=O)c3ccccc3)CC2)c(C)c1. The highest BCUT2D eigenvalue weighted by Gasteiger charge is 2.31. The highest BCUT2D eigenvalue weighted by atomic mass is 32.2. The number of nitrogens with zero attached hydrogens (tertiary/aromatic N) is 2. The number of benzene rings is 2. The molecule has 1 aliphatic heterocycles. The first-order valence-corrected chi connectivity index (χ1v) is 9.75. The van der Waals surface area contributed by atoms with Crippen molar-refractivity contribution in [3.8, 4) is 0 Å². The second kappa shape index (κ2) is 6.98. The van der Waals surface area contributed by atoms with Gasteiger partial charge in [0.25, 0.3) is 5.91 Å². The molecule has 1 fully saturated rings. The van der Waals surface area contributed by atoms with Gasteiger partial charge >= 0.3 is 0 Å². The molecule has 0 radical (unpaired) electrons. The summed E-state index contributed by atoms with van der Waals surface area (Å²) in [7, 11) is -3.53. The van der Waals surface area contributed by atoms with E-state index in [0.717, 1.165) is 11.1 Å². The number of carbonyl (C=O) groups is 1. The van der Waals surface area contributed by atoms with Crippen molar-refractivity contribution in [3.63, 3.8) is 0 Å². The summed E-state index contributed by atoms with van der Waals surface area (Å²) < 4.78 is 27.2. The highest BCUT2D eigenvalue weighted by molar-refractivity contribution is 7.89. The molecule has 5 nitrogen and oxygen atoms in total. The van der Waals surface area contributed by atoms with Crippen molar-refractivity contribution in [3.05, 3.63) is 65.2 Å². The molecule has 1 heterocycles. The summed E-state index contributed by atoms with van der Waals surface area (Å²) in [6.07, 6.45) is 0. The molecule has 2 aromatic carbocycles. The lowest BCUT2D eigenvalue weighted by Crippen LogP contribution is -2.50. The Balaban J connectivity index is 1.72. The van der Waals surface area contributed by atoms with Crippen molar-refractivity contribution in [2.45, 2.75) is 18.7 Å². The van der Waals surface area contributed by atoms with Crippen LogP contribution in [0, 0.1) is 13.8 Å². The van der Waals surface area contributed by atoms with E-state index in [-0.39, 0.29) is 5.91 Å². The van der Waals surface area contributed by atoms with Gasteiger partial charge in [0.05, 0.1) is 4.90 Å². The zero-order valence-electron chi connectivity index (χ0n) is 14.5. The first-order chi connectivity index (χ1) is 11.9. The molecule has 1 amide bonds. The largest absolute Gasteiger partial charge is 0.336 e. The van der Waals surface area contributed by atoms with E-state index in [1.165, 1.54) is 4.31 Å². The van der Waals surface area contributed by atoms with Crippen molar-refractivity contribution in [1.29, 1.82) is 0 Å². The highest BCUT2D eigenvalue weighted by Crippen LogP contribution is 2.22. The van der Waals surface area contributed by atoms with Crippen molar-refractivity contribution in [2.75, 3.05) is 26.2 Å². The number of rotatable bonds is 3. The Kier molecular flexibility index (Phi) is 4.92. The standard InChI is InChI=1S/C19H22N2O3S/c1-15-8-9-18(16(2)14-15)25(23,24)21-12-10-20(11-13-21)19(22)17-6-4-3-5-7-17/h3-9,14H,10-13H2,1-2H3. The molecule has 0 aliphatic carbocycles. The fourth-order valence-electron chi connectivity index (χ4n) is 3.12. The monoisotopic (exact) mass is 358 g/mol. The van der Waals surface area contributed by atoms with Gasteiger partial charge in [-0.1, -0.05) is 35.9 Å². The van der Waals surface area contributed by atoms with Crippen LogP contribution in [0.1, 0.15) is 21.5 Å². The van der Waals surface area contributed by atoms with E-state index < -0.39 is 10.0 Å². The van der Waals surface area contributed by atoms with E-state index in [1.807, 2.05) is 44.2 Å². The Hall–Kier alpha value is -2.18. The molecule has 2 aromatic rings. The molecule has 1 saturated heterocycles. The van der Waals surface area contributed by atoms with E-state index in [1.54, 1.807) is 23.1 Å². The quantitative estimate of drug-likeness (QED) is 0.847.